The zero-order valence-corrected chi connectivity index (χ0v) is 12.7. The fraction of sp³-hybridized carbons (Fsp3) is 0.429. The van der Waals surface area contributed by atoms with Crippen LogP contribution < -0.4 is 14.8 Å². The Hall–Kier alpha value is -1.89. The molecule has 1 aromatic rings. The topological polar surface area (TPSA) is 84.9 Å². The summed E-state index contributed by atoms with van der Waals surface area (Å²) < 4.78 is 10.2. The Morgan fingerprint density at radius 3 is 2.33 bits per heavy atom. The maximum Gasteiger partial charge on any atom is 0.287 e. The summed E-state index contributed by atoms with van der Waals surface area (Å²) in [5.41, 5.74) is 0.936. The molecule has 0 aromatic heterocycles. The van der Waals surface area contributed by atoms with Gasteiger partial charge in [-0.05, 0) is 37.0 Å². The van der Waals surface area contributed by atoms with Gasteiger partial charge >= 0.3 is 0 Å². The first-order chi connectivity index (χ1) is 10.0. The average molecular weight is 311 g/mol. The summed E-state index contributed by atoms with van der Waals surface area (Å²) in [7, 11) is 2.95. The number of amides is 1. The largest absolute Gasteiger partial charge is 0.502 e. The number of hydrogen-bond donors (Lipinski definition) is 2. The van der Waals surface area contributed by atoms with Crippen molar-refractivity contribution >= 4 is 22.1 Å². The second kappa shape index (κ2) is 6.71. The molecule has 114 valence electrons. The number of carbonyl (C=O) groups excluding carboxylic acids is 2. The number of hydrogen-bond acceptors (Lipinski definition) is 6. The highest BCUT2D eigenvalue weighted by Gasteiger charge is 2.30. The van der Waals surface area contributed by atoms with E-state index in [0.29, 0.717) is 24.3 Å². The van der Waals surface area contributed by atoms with Gasteiger partial charge in [-0.2, -0.15) is 0 Å². The summed E-state index contributed by atoms with van der Waals surface area (Å²) in [6, 6.07) is 3.08. The molecule has 1 atom stereocenters. The number of rotatable bonds is 6. The predicted octanol–water partition coefficient (Wildman–Crippen LogP) is 2.08. The summed E-state index contributed by atoms with van der Waals surface area (Å²) in [4.78, 5) is 22.6. The molecule has 1 aliphatic rings. The van der Waals surface area contributed by atoms with Crippen LogP contribution in [-0.2, 0) is 11.2 Å². The van der Waals surface area contributed by atoms with E-state index >= 15 is 0 Å². The van der Waals surface area contributed by atoms with Gasteiger partial charge in [-0.1, -0.05) is 0 Å². The molecule has 0 saturated carbocycles. The van der Waals surface area contributed by atoms with E-state index in [0.717, 1.165) is 23.7 Å². The highest BCUT2D eigenvalue weighted by atomic mass is 32.2. The molecule has 6 nitrogen and oxygen atoms in total. The lowest BCUT2D eigenvalue weighted by Crippen LogP contribution is -2.28. The number of phenolic OH excluding ortho intramolecular Hbond substituents is 1. The Balaban J connectivity index is 1.97. The average Bonchev–Trinajstić information content (AvgIpc) is 2.78. The summed E-state index contributed by atoms with van der Waals surface area (Å²) >= 11 is 0.727. The van der Waals surface area contributed by atoms with Crippen LogP contribution in [0.3, 0.4) is 0 Å². The Morgan fingerprint density at radius 2 is 1.86 bits per heavy atom. The lowest BCUT2D eigenvalue weighted by Gasteiger charge is -2.12. The lowest BCUT2D eigenvalue weighted by atomic mass is 10.0. The molecule has 0 spiro atoms. The minimum Gasteiger partial charge on any atom is -0.502 e. The second-order valence-electron chi connectivity index (χ2n) is 4.65. The first-order valence-electron chi connectivity index (χ1n) is 6.51. The molecule has 0 bridgehead atoms. The number of methoxy groups -OCH3 is 2. The van der Waals surface area contributed by atoms with Gasteiger partial charge in [-0.3, -0.25) is 9.59 Å². The molecule has 1 heterocycles. The van der Waals surface area contributed by atoms with Crippen LogP contribution in [0.25, 0.3) is 0 Å². The van der Waals surface area contributed by atoms with Gasteiger partial charge in [-0.25, -0.2) is 0 Å². The van der Waals surface area contributed by atoms with Gasteiger partial charge in [0.15, 0.2) is 11.5 Å². The van der Waals surface area contributed by atoms with Crippen LogP contribution in [0.15, 0.2) is 12.1 Å². The quantitative estimate of drug-likeness (QED) is 0.837. The van der Waals surface area contributed by atoms with E-state index in [1.165, 1.54) is 14.2 Å². The van der Waals surface area contributed by atoms with Gasteiger partial charge in [0.25, 0.3) is 5.24 Å². The minimum absolute atomic E-state index is 0.0293. The molecular formula is C14H17NO5S. The van der Waals surface area contributed by atoms with Crippen LogP contribution in [0.4, 0.5) is 4.79 Å². The molecule has 1 amide bonds. The molecular weight excluding hydrogens is 294 g/mol. The molecule has 0 radical (unpaired) electrons. The van der Waals surface area contributed by atoms with Crippen molar-refractivity contribution in [1.29, 1.82) is 0 Å². The van der Waals surface area contributed by atoms with E-state index in [1.807, 2.05) is 0 Å². The van der Waals surface area contributed by atoms with Crippen LogP contribution in [0, 0.1) is 0 Å². The number of carbonyl (C=O) groups is 2. The van der Waals surface area contributed by atoms with Crippen LogP contribution in [0.1, 0.15) is 18.4 Å². The van der Waals surface area contributed by atoms with Crippen molar-refractivity contribution in [3.63, 3.8) is 0 Å². The molecule has 7 heteroatoms. The van der Waals surface area contributed by atoms with Crippen molar-refractivity contribution in [3.8, 4) is 17.2 Å². The predicted molar refractivity (Wildman–Crippen MR) is 79.1 cm³/mol. The van der Waals surface area contributed by atoms with Crippen LogP contribution >= 0.6 is 11.8 Å². The highest BCUT2D eigenvalue weighted by molar-refractivity contribution is 8.26. The zero-order valence-electron chi connectivity index (χ0n) is 11.8. The number of aryl methyl sites for hydroxylation is 1. The second-order valence-corrected chi connectivity index (χ2v) is 5.62. The van der Waals surface area contributed by atoms with Gasteiger partial charge in [-0.15, -0.1) is 0 Å². The van der Waals surface area contributed by atoms with E-state index in [9.17, 15) is 14.7 Å². The standard InChI is InChI=1S/C14H17NO5S/c1-19-10-6-8(7-11(20-2)12(10)16)4-3-5-9-13(17)21-14(18)15-9/h6-7,9,16H,3-5H2,1-2H3,(H,15,18). The summed E-state index contributed by atoms with van der Waals surface area (Å²) in [5, 5.41) is 12.1. The lowest BCUT2D eigenvalue weighted by molar-refractivity contribution is -0.112. The van der Waals surface area contributed by atoms with E-state index < -0.39 is 6.04 Å². The molecule has 1 aromatic carbocycles. The molecule has 1 unspecified atom stereocenters. The van der Waals surface area contributed by atoms with Gasteiger partial charge in [0, 0.05) is 11.8 Å². The Kier molecular flexibility index (Phi) is 4.95. The third-order valence-electron chi connectivity index (χ3n) is 3.27. The third kappa shape index (κ3) is 3.60. The summed E-state index contributed by atoms with van der Waals surface area (Å²) in [5.74, 6) is 0.675. The van der Waals surface area contributed by atoms with Crippen LogP contribution in [0.5, 0.6) is 17.2 Å². The Labute approximate surface area is 126 Å². The van der Waals surface area contributed by atoms with Gasteiger partial charge in [0.05, 0.1) is 20.3 Å². The van der Waals surface area contributed by atoms with E-state index in [4.69, 9.17) is 9.47 Å². The molecule has 2 N–H and O–H groups in total. The molecule has 1 saturated heterocycles. The number of benzene rings is 1. The van der Waals surface area contributed by atoms with Crippen molar-refractivity contribution in [3.05, 3.63) is 17.7 Å². The maximum atomic E-state index is 11.5. The normalized spacial score (nSPS) is 17.7. The number of thioether (sulfide) groups is 1. The number of nitrogens with one attached hydrogen (secondary N) is 1. The highest BCUT2D eigenvalue weighted by Crippen LogP contribution is 2.37. The Bertz CT molecular complexity index is 535. The third-order valence-corrected chi connectivity index (χ3v) is 4.06. The smallest absolute Gasteiger partial charge is 0.287 e. The van der Waals surface area contributed by atoms with E-state index in [1.54, 1.807) is 12.1 Å². The fourth-order valence-electron chi connectivity index (χ4n) is 2.19. The first-order valence-corrected chi connectivity index (χ1v) is 7.33. The molecule has 0 aliphatic carbocycles. The zero-order chi connectivity index (χ0) is 15.4. The van der Waals surface area contributed by atoms with Crippen molar-refractivity contribution in [2.45, 2.75) is 25.3 Å². The van der Waals surface area contributed by atoms with Gasteiger partial charge in [0.1, 0.15) is 0 Å². The monoisotopic (exact) mass is 311 g/mol. The first kappa shape index (κ1) is 15.5. The molecule has 2 rings (SSSR count). The van der Waals surface area contributed by atoms with E-state index in [-0.39, 0.29) is 16.1 Å². The van der Waals surface area contributed by atoms with Gasteiger partial charge in [0.2, 0.25) is 10.9 Å². The SMILES string of the molecule is COc1cc(CCCC2NC(=O)SC2=O)cc(OC)c1O. The maximum absolute atomic E-state index is 11.5. The molecule has 1 aliphatic heterocycles. The van der Waals surface area contributed by atoms with Gasteiger partial charge < -0.3 is 19.9 Å². The molecule has 1 fully saturated rings. The summed E-state index contributed by atoms with van der Waals surface area (Å²) in [6.45, 7) is 0. The summed E-state index contributed by atoms with van der Waals surface area (Å²) in [6.07, 6.45) is 2.01. The number of ether oxygens (including phenoxy) is 2. The number of aromatic hydroxyl groups is 1. The van der Waals surface area contributed by atoms with E-state index in [2.05, 4.69) is 5.32 Å². The van der Waals surface area contributed by atoms with Crippen molar-refractivity contribution in [1.82, 2.24) is 5.32 Å². The minimum atomic E-state index is -0.400. The molecule has 21 heavy (non-hydrogen) atoms. The Morgan fingerprint density at radius 1 is 1.24 bits per heavy atom. The van der Waals surface area contributed by atoms with Crippen molar-refractivity contribution in [2.24, 2.45) is 0 Å². The van der Waals surface area contributed by atoms with Crippen LogP contribution in [-0.4, -0.2) is 35.7 Å². The number of phenols is 1. The van der Waals surface area contributed by atoms with Crippen molar-refractivity contribution in [2.75, 3.05) is 14.2 Å². The van der Waals surface area contributed by atoms with Crippen LogP contribution in [0.2, 0.25) is 0 Å². The van der Waals surface area contributed by atoms with Crippen molar-refractivity contribution < 1.29 is 24.2 Å². The fourth-order valence-corrected chi connectivity index (χ4v) is 2.89.